The lowest BCUT2D eigenvalue weighted by atomic mass is 9.81. The van der Waals surface area contributed by atoms with Crippen LogP contribution in [-0.2, 0) is 14.3 Å². The summed E-state index contributed by atoms with van der Waals surface area (Å²) in [6, 6.07) is 0. The monoisotopic (exact) mass is 196 g/mol. The Kier molecular flexibility index (Phi) is 3.86. The normalized spacial score (nSPS) is 26.6. The molecule has 14 heavy (non-hydrogen) atoms. The molecule has 0 aromatic rings. The fraction of sp³-hybridized carbons (Fsp3) is 0.636. The molecule has 0 spiro atoms. The number of esters is 1. The van der Waals surface area contributed by atoms with Gasteiger partial charge in [0.2, 0.25) is 0 Å². The van der Waals surface area contributed by atoms with Crippen LogP contribution >= 0.6 is 0 Å². The molecule has 2 atom stereocenters. The summed E-state index contributed by atoms with van der Waals surface area (Å²) < 4.78 is 4.94. The summed E-state index contributed by atoms with van der Waals surface area (Å²) in [7, 11) is 0. The molecule has 0 saturated carbocycles. The van der Waals surface area contributed by atoms with Crippen LogP contribution in [0.25, 0.3) is 0 Å². The van der Waals surface area contributed by atoms with Crippen LogP contribution in [0, 0.1) is 11.8 Å². The van der Waals surface area contributed by atoms with Gasteiger partial charge in [0.15, 0.2) is 0 Å². The standard InChI is InChI=1S/C11H16O3/c1-3-14-11(13)10-6-8(2)4-5-9(10)7-12/h4,7,9-10H,3,5-6H2,1-2H3/t9-,10+/m1/s1. The van der Waals surface area contributed by atoms with Crippen LogP contribution in [0.3, 0.4) is 0 Å². The van der Waals surface area contributed by atoms with Crippen LogP contribution in [0.1, 0.15) is 26.7 Å². The first-order chi connectivity index (χ1) is 6.69. The van der Waals surface area contributed by atoms with Crippen LogP contribution in [-0.4, -0.2) is 18.9 Å². The van der Waals surface area contributed by atoms with Crippen LogP contribution in [0.4, 0.5) is 0 Å². The number of allylic oxidation sites excluding steroid dienone is 2. The molecule has 0 aromatic heterocycles. The number of hydrogen-bond donors (Lipinski definition) is 0. The Morgan fingerprint density at radius 2 is 2.43 bits per heavy atom. The van der Waals surface area contributed by atoms with Gasteiger partial charge in [0.05, 0.1) is 12.5 Å². The molecular formula is C11H16O3. The van der Waals surface area contributed by atoms with E-state index < -0.39 is 0 Å². The molecule has 0 fully saturated rings. The van der Waals surface area contributed by atoms with Crippen LogP contribution < -0.4 is 0 Å². The predicted molar refractivity (Wildman–Crippen MR) is 52.7 cm³/mol. The van der Waals surface area contributed by atoms with Gasteiger partial charge in [0, 0.05) is 5.92 Å². The van der Waals surface area contributed by atoms with Crippen molar-refractivity contribution in [3.63, 3.8) is 0 Å². The molecule has 0 N–H and O–H groups in total. The maximum atomic E-state index is 11.5. The Labute approximate surface area is 84.1 Å². The third-order valence-electron chi connectivity index (χ3n) is 2.56. The minimum absolute atomic E-state index is 0.197. The van der Waals surface area contributed by atoms with Gasteiger partial charge in [-0.3, -0.25) is 4.79 Å². The Bertz CT molecular complexity index is 255. The smallest absolute Gasteiger partial charge is 0.309 e. The highest BCUT2D eigenvalue weighted by molar-refractivity contribution is 5.77. The summed E-state index contributed by atoms with van der Waals surface area (Å²) in [5, 5.41) is 0. The van der Waals surface area contributed by atoms with Crippen LogP contribution in [0.2, 0.25) is 0 Å². The SMILES string of the molecule is CCOC(=O)[C@H]1CC(C)=CC[C@@H]1C=O. The summed E-state index contributed by atoms with van der Waals surface area (Å²) in [6.45, 7) is 4.14. The van der Waals surface area contributed by atoms with Gasteiger partial charge in [-0.2, -0.15) is 0 Å². The Morgan fingerprint density at radius 3 is 3.00 bits per heavy atom. The molecular weight excluding hydrogens is 180 g/mol. The highest BCUT2D eigenvalue weighted by Gasteiger charge is 2.31. The van der Waals surface area contributed by atoms with Crippen molar-refractivity contribution in [3.05, 3.63) is 11.6 Å². The summed E-state index contributed by atoms with van der Waals surface area (Å²) in [5.41, 5.74) is 1.17. The van der Waals surface area contributed by atoms with E-state index in [1.807, 2.05) is 13.0 Å². The second kappa shape index (κ2) is 4.94. The Hall–Kier alpha value is -1.12. The van der Waals surface area contributed by atoms with Gasteiger partial charge in [-0.05, 0) is 26.7 Å². The maximum Gasteiger partial charge on any atom is 0.309 e. The maximum absolute atomic E-state index is 11.5. The highest BCUT2D eigenvalue weighted by Crippen LogP contribution is 2.29. The first-order valence-corrected chi connectivity index (χ1v) is 4.96. The van der Waals surface area contributed by atoms with Gasteiger partial charge in [-0.15, -0.1) is 0 Å². The predicted octanol–water partition coefficient (Wildman–Crippen LogP) is 1.72. The molecule has 1 rings (SSSR count). The average molecular weight is 196 g/mol. The van der Waals surface area contributed by atoms with Gasteiger partial charge in [-0.1, -0.05) is 11.6 Å². The molecule has 0 bridgehead atoms. The number of carbonyl (C=O) groups is 2. The fourth-order valence-electron chi connectivity index (χ4n) is 1.74. The van der Waals surface area contributed by atoms with Gasteiger partial charge in [0.25, 0.3) is 0 Å². The number of aldehydes is 1. The fourth-order valence-corrected chi connectivity index (χ4v) is 1.74. The average Bonchev–Trinajstić information content (AvgIpc) is 2.18. The number of rotatable bonds is 3. The van der Waals surface area contributed by atoms with E-state index in [4.69, 9.17) is 4.74 Å². The third kappa shape index (κ3) is 2.44. The number of ether oxygens (including phenoxy) is 1. The Morgan fingerprint density at radius 1 is 1.71 bits per heavy atom. The van der Waals surface area contributed by atoms with Gasteiger partial charge >= 0.3 is 5.97 Å². The molecule has 3 heteroatoms. The van der Waals surface area contributed by atoms with Gasteiger partial charge in [0.1, 0.15) is 6.29 Å². The van der Waals surface area contributed by atoms with E-state index in [0.29, 0.717) is 19.4 Å². The first kappa shape index (κ1) is 11.0. The third-order valence-corrected chi connectivity index (χ3v) is 2.56. The lowest BCUT2D eigenvalue weighted by Crippen LogP contribution is -2.29. The lowest BCUT2D eigenvalue weighted by Gasteiger charge is -2.24. The molecule has 3 nitrogen and oxygen atoms in total. The number of carbonyl (C=O) groups excluding carboxylic acids is 2. The molecule has 0 radical (unpaired) electrons. The summed E-state index contributed by atoms with van der Waals surface area (Å²) >= 11 is 0. The van der Waals surface area contributed by atoms with Crippen molar-refractivity contribution in [1.29, 1.82) is 0 Å². The van der Waals surface area contributed by atoms with Crippen molar-refractivity contribution >= 4 is 12.3 Å². The van der Waals surface area contributed by atoms with Crippen molar-refractivity contribution < 1.29 is 14.3 Å². The Balaban J connectivity index is 2.69. The number of hydrogen-bond acceptors (Lipinski definition) is 3. The molecule has 0 aliphatic heterocycles. The van der Waals surface area contributed by atoms with E-state index in [-0.39, 0.29) is 17.8 Å². The summed E-state index contributed by atoms with van der Waals surface area (Å²) in [6.07, 6.45) is 4.21. The first-order valence-electron chi connectivity index (χ1n) is 4.96. The quantitative estimate of drug-likeness (QED) is 0.392. The van der Waals surface area contributed by atoms with Gasteiger partial charge in [-0.25, -0.2) is 0 Å². The van der Waals surface area contributed by atoms with E-state index in [1.54, 1.807) is 6.92 Å². The highest BCUT2D eigenvalue weighted by atomic mass is 16.5. The van der Waals surface area contributed by atoms with Crippen molar-refractivity contribution in [2.75, 3.05) is 6.61 Å². The second-order valence-electron chi connectivity index (χ2n) is 3.65. The minimum atomic E-state index is -0.266. The van der Waals surface area contributed by atoms with Crippen LogP contribution in [0.5, 0.6) is 0 Å². The topological polar surface area (TPSA) is 43.4 Å². The lowest BCUT2D eigenvalue weighted by molar-refractivity contribution is -0.151. The molecule has 0 unspecified atom stereocenters. The van der Waals surface area contributed by atoms with Crippen molar-refractivity contribution in [3.8, 4) is 0 Å². The van der Waals surface area contributed by atoms with E-state index in [1.165, 1.54) is 5.57 Å². The molecule has 1 aliphatic rings. The van der Waals surface area contributed by atoms with E-state index in [9.17, 15) is 9.59 Å². The van der Waals surface area contributed by atoms with Crippen molar-refractivity contribution in [2.45, 2.75) is 26.7 Å². The molecule has 0 aromatic carbocycles. The second-order valence-corrected chi connectivity index (χ2v) is 3.65. The van der Waals surface area contributed by atoms with E-state index in [0.717, 1.165) is 6.29 Å². The van der Waals surface area contributed by atoms with Crippen molar-refractivity contribution in [1.82, 2.24) is 0 Å². The molecule has 1 aliphatic carbocycles. The van der Waals surface area contributed by atoms with Gasteiger partial charge < -0.3 is 9.53 Å². The zero-order chi connectivity index (χ0) is 10.6. The molecule has 0 heterocycles. The largest absolute Gasteiger partial charge is 0.466 e. The minimum Gasteiger partial charge on any atom is -0.466 e. The molecule has 0 amide bonds. The molecule has 0 saturated heterocycles. The zero-order valence-corrected chi connectivity index (χ0v) is 8.66. The van der Waals surface area contributed by atoms with Crippen LogP contribution in [0.15, 0.2) is 11.6 Å². The van der Waals surface area contributed by atoms with E-state index in [2.05, 4.69) is 0 Å². The molecule has 78 valence electrons. The summed E-state index contributed by atoms with van der Waals surface area (Å²) in [4.78, 5) is 22.3. The van der Waals surface area contributed by atoms with E-state index >= 15 is 0 Å². The van der Waals surface area contributed by atoms with Crippen molar-refractivity contribution in [2.24, 2.45) is 11.8 Å². The zero-order valence-electron chi connectivity index (χ0n) is 8.66. The summed E-state index contributed by atoms with van der Waals surface area (Å²) in [5.74, 6) is -0.702.